The Labute approximate surface area is 110 Å². The molecule has 102 valence electrons. The van der Waals surface area contributed by atoms with Gasteiger partial charge in [-0.05, 0) is 38.0 Å². The maximum Gasteiger partial charge on any atom is 0.416 e. The van der Waals surface area contributed by atoms with E-state index in [1.165, 1.54) is 12.1 Å². The number of hydrogen-bond acceptors (Lipinski definition) is 1. The summed E-state index contributed by atoms with van der Waals surface area (Å²) in [6.07, 6.45) is -3.47. The monoisotopic (exact) mass is 279 g/mol. The molecule has 5 heteroatoms. The lowest BCUT2D eigenvalue weighted by molar-refractivity contribution is -0.137. The van der Waals surface area contributed by atoms with E-state index in [0.717, 1.165) is 24.1 Å². The zero-order valence-electron chi connectivity index (χ0n) is 10.4. The fourth-order valence-electron chi connectivity index (χ4n) is 1.48. The summed E-state index contributed by atoms with van der Waals surface area (Å²) in [6.45, 7) is 4.56. The molecule has 1 rings (SSSR count). The van der Waals surface area contributed by atoms with Gasteiger partial charge in [-0.3, -0.25) is 0 Å². The third kappa shape index (κ3) is 4.86. The second-order valence-corrected chi connectivity index (χ2v) is 5.25. The first kappa shape index (κ1) is 15.3. The summed E-state index contributed by atoms with van der Waals surface area (Å²) in [7, 11) is 0. The van der Waals surface area contributed by atoms with Crippen LogP contribution in [0.3, 0.4) is 0 Å². The van der Waals surface area contributed by atoms with Crippen LogP contribution in [0.15, 0.2) is 24.3 Å². The van der Waals surface area contributed by atoms with Crippen LogP contribution >= 0.6 is 11.6 Å². The van der Waals surface area contributed by atoms with Crippen molar-refractivity contribution in [3.63, 3.8) is 0 Å². The Balaban J connectivity index is 2.60. The van der Waals surface area contributed by atoms with E-state index in [2.05, 4.69) is 5.32 Å². The van der Waals surface area contributed by atoms with Crippen LogP contribution in [0, 0.1) is 0 Å². The fourth-order valence-corrected chi connectivity index (χ4v) is 1.95. The predicted molar refractivity (Wildman–Crippen MR) is 67.7 cm³/mol. The van der Waals surface area contributed by atoms with E-state index >= 15 is 0 Å². The van der Waals surface area contributed by atoms with Crippen LogP contribution in [-0.4, -0.2) is 11.4 Å². The molecule has 0 spiro atoms. The Morgan fingerprint density at radius 3 is 2.11 bits per heavy atom. The van der Waals surface area contributed by atoms with Gasteiger partial charge >= 0.3 is 6.18 Å². The first-order valence-electron chi connectivity index (χ1n) is 5.72. The molecule has 18 heavy (non-hydrogen) atoms. The number of benzene rings is 1. The van der Waals surface area contributed by atoms with E-state index < -0.39 is 11.7 Å². The minimum Gasteiger partial charge on any atom is -0.308 e. The van der Waals surface area contributed by atoms with E-state index in [1.807, 2.05) is 13.8 Å². The third-order valence-electron chi connectivity index (χ3n) is 2.77. The van der Waals surface area contributed by atoms with Crippen molar-refractivity contribution in [3.05, 3.63) is 35.4 Å². The highest BCUT2D eigenvalue weighted by atomic mass is 35.5. The molecular formula is C13H17ClF3N. The molecule has 0 saturated carbocycles. The van der Waals surface area contributed by atoms with Gasteiger partial charge in [0.1, 0.15) is 0 Å². The Hall–Kier alpha value is -0.740. The van der Waals surface area contributed by atoms with Crippen molar-refractivity contribution in [1.82, 2.24) is 5.32 Å². The van der Waals surface area contributed by atoms with Crippen LogP contribution in [0.4, 0.5) is 13.2 Å². The summed E-state index contributed by atoms with van der Waals surface area (Å²) < 4.78 is 37.1. The topological polar surface area (TPSA) is 12.0 Å². The maximum atomic E-state index is 12.4. The highest BCUT2D eigenvalue weighted by molar-refractivity contribution is 6.17. The normalized spacial score (nSPS) is 12.8. The molecule has 0 aromatic heterocycles. The van der Waals surface area contributed by atoms with Gasteiger partial charge in [-0.15, -0.1) is 11.6 Å². The highest BCUT2D eigenvalue weighted by Crippen LogP contribution is 2.29. The minimum absolute atomic E-state index is 0.121. The standard InChI is InChI=1S/C13H17ClF3N/c1-12(2,7-8-14)18-9-10-3-5-11(6-4-10)13(15,16)17/h3-6,18H,7-9H2,1-2H3. The van der Waals surface area contributed by atoms with Crippen LogP contribution < -0.4 is 5.32 Å². The largest absolute Gasteiger partial charge is 0.416 e. The Bertz CT molecular complexity index is 371. The Morgan fingerprint density at radius 2 is 1.67 bits per heavy atom. The summed E-state index contributed by atoms with van der Waals surface area (Å²) in [6, 6.07) is 5.19. The van der Waals surface area contributed by atoms with Crippen molar-refractivity contribution >= 4 is 11.6 Å². The Kier molecular flexibility index (Phi) is 5.05. The lowest BCUT2D eigenvalue weighted by Gasteiger charge is -2.25. The first-order chi connectivity index (χ1) is 8.24. The average molecular weight is 280 g/mol. The van der Waals surface area contributed by atoms with Gasteiger partial charge in [0.25, 0.3) is 0 Å². The number of hydrogen-bond donors (Lipinski definition) is 1. The molecular weight excluding hydrogens is 263 g/mol. The van der Waals surface area contributed by atoms with E-state index in [-0.39, 0.29) is 5.54 Å². The van der Waals surface area contributed by atoms with Gasteiger partial charge in [-0.1, -0.05) is 12.1 Å². The van der Waals surface area contributed by atoms with Crippen LogP contribution in [0.2, 0.25) is 0 Å². The summed E-state index contributed by atoms with van der Waals surface area (Å²) in [5.74, 6) is 0.549. The molecule has 0 saturated heterocycles. The zero-order valence-corrected chi connectivity index (χ0v) is 11.2. The average Bonchev–Trinajstić information content (AvgIpc) is 2.26. The predicted octanol–water partition coefficient (Wildman–Crippen LogP) is 4.20. The summed E-state index contributed by atoms with van der Waals surface area (Å²) >= 11 is 5.67. The van der Waals surface area contributed by atoms with Crippen molar-refractivity contribution in [1.29, 1.82) is 0 Å². The van der Waals surface area contributed by atoms with Gasteiger partial charge in [0.2, 0.25) is 0 Å². The molecule has 0 radical (unpaired) electrons. The molecule has 1 nitrogen and oxygen atoms in total. The molecule has 0 bridgehead atoms. The second kappa shape index (κ2) is 5.93. The number of halogens is 4. The molecule has 0 aliphatic rings. The minimum atomic E-state index is -4.27. The smallest absolute Gasteiger partial charge is 0.308 e. The number of nitrogens with one attached hydrogen (secondary N) is 1. The van der Waals surface area contributed by atoms with Crippen molar-refractivity contribution < 1.29 is 13.2 Å². The van der Waals surface area contributed by atoms with Gasteiger partial charge < -0.3 is 5.32 Å². The number of alkyl halides is 4. The van der Waals surface area contributed by atoms with Crippen LogP contribution in [0.1, 0.15) is 31.4 Å². The van der Waals surface area contributed by atoms with E-state index in [0.29, 0.717) is 12.4 Å². The molecule has 0 aliphatic carbocycles. The summed E-state index contributed by atoms with van der Waals surface area (Å²) in [5.41, 5.74) is 0.0849. The van der Waals surface area contributed by atoms with Crippen LogP contribution in [0.5, 0.6) is 0 Å². The third-order valence-corrected chi connectivity index (χ3v) is 2.96. The van der Waals surface area contributed by atoms with E-state index in [4.69, 9.17) is 11.6 Å². The molecule has 0 heterocycles. The molecule has 0 fully saturated rings. The first-order valence-corrected chi connectivity index (χ1v) is 6.25. The van der Waals surface area contributed by atoms with Crippen molar-refractivity contribution in [2.24, 2.45) is 0 Å². The maximum absolute atomic E-state index is 12.4. The van der Waals surface area contributed by atoms with Gasteiger partial charge in [0.05, 0.1) is 5.56 Å². The molecule has 0 amide bonds. The van der Waals surface area contributed by atoms with Crippen LogP contribution in [-0.2, 0) is 12.7 Å². The molecule has 1 aromatic carbocycles. The Morgan fingerprint density at radius 1 is 1.11 bits per heavy atom. The van der Waals surface area contributed by atoms with Crippen molar-refractivity contribution in [2.75, 3.05) is 5.88 Å². The molecule has 0 unspecified atom stereocenters. The molecule has 0 aliphatic heterocycles. The quantitative estimate of drug-likeness (QED) is 0.797. The zero-order chi connectivity index (χ0) is 13.8. The van der Waals surface area contributed by atoms with Gasteiger partial charge in [0.15, 0.2) is 0 Å². The molecule has 1 aromatic rings. The highest BCUT2D eigenvalue weighted by Gasteiger charge is 2.29. The lowest BCUT2D eigenvalue weighted by Crippen LogP contribution is -2.39. The van der Waals surface area contributed by atoms with Gasteiger partial charge in [-0.2, -0.15) is 13.2 Å². The van der Waals surface area contributed by atoms with E-state index in [9.17, 15) is 13.2 Å². The van der Waals surface area contributed by atoms with Crippen LogP contribution in [0.25, 0.3) is 0 Å². The van der Waals surface area contributed by atoms with Gasteiger partial charge in [-0.25, -0.2) is 0 Å². The lowest BCUT2D eigenvalue weighted by atomic mass is 10.0. The fraction of sp³-hybridized carbons (Fsp3) is 0.538. The van der Waals surface area contributed by atoms with Crippen molar-refractivity contribution in [2.45, 2.75) is 38.5 Å². The van der Waals surface area contributed by atoms with E-state index in [1.54, 1.807) is 0 Å². The summed E-state index contributed by atoms with van der Waals surface area (Å²) in [4.78, 5) is 0. The molecule has 0 atom stereocenters. The molecule has 1 N–H and O–H groups in total. The van der Waals surface area contributed by atoms with Crippen molar-refractivity contribution in [3.8, 4) is 0 Å². The van der Waals surface area contributed by atoms with Gasteiger partial charge in [0, 0.05) is 18.0 Å². The SMILES string of the molecule is CC(C)(CCCl)NCc1ccc(C(F)(F)F)cc1. The second-order valence-electron chi connectivity index (χ2n) is 4.87. The number of rotatable bonds is 5. The summed E-state index contributed by atoms with van der Waals surface area (Å²) in [5, 5.41) is 3.27.